The lowest BCUT2D eigenvalue weighted by atomic mass is 9.84. The molecule has 0 bridgehead atoms. The topological polar surface area (TPSA) is 40.0 Å². The molecule has 1 aliphatic carbocycles. The minimum atomic E-state index is -0.0472. The van der Waals surface area contributed by atoms with Gasteiger partial charge in [0.2, 0.25) is 0 Å². The fraction of sp³-hybridized carbons (Fsp3) is 0.588. The molecule has 2 heterocycles. The highest BCUT2D eigenvalue weighted by molar-refractivity contribution is 5.95. The van der Waals surface area contributed by atoms with E-state index in [0.29, 0.717) is 5.92 Å². The van der Waals surface area contributed by atoms with Crippen molar-refractivity contribution < 1.29 is 14.3 Å². The summed E-state index contributed by atoms with van der Waals surface area (Å²) in [5, 5.41) is 4.38. The summed E-state index contributed by atoms with van der Waals surface area (Å²) in [6, 6.07) is 8.09. The first-order valence-electron chi connectivity index (χ1n) is 7.90. The molecule has 1 aromatic carbocycles. The van der Waals surface area contributed by atoms with E-state index in [1.807, 2.05) is 12.1 Å². The van der Waals surface area contributed by atoms with E-state index in [-0.39, 0.29) is 18.3 Å². The normalized spacial score (nSPS) is 34.4. The Bertz CT molecular complexity index is 539. The summed E-state index contributed by atoms with van der Waals surface area (Å²) in [7, 11) is 1.68. The third-order valence-electron chi connectivity index (χ3n) is 4.91. The molecular weight excluding hydrogens is 266 g/mol. The molecule has 0 N–H and O–H groups in total. The molecule has 1 saturated carbocycles. The first kappa shape index (κ1) is 13.1. The Morgan fingerprint density at radius 1 is 1.05 bits per heavy atom. The number of ether oxygens (including phenoxy) is 2. The van der Waals surface area contributed by atoms with Crippen LogP contribution in [0, 0.1) is 5.92 Å². The number of hydrogen-bond acceptors (Lipinski definition) is 4. The second-order valence-electron chi connectivity index (χ2n) is 6.15. The lowest BCUT2D eigenvalue weighted by Gasteiger charge is -2.24. The molecule has 21 heavy (non-hydrogen) atoms. The van der Waals surface area contributed by atoms with Gasteiger partial charge in [-0.1, -0.05) is 30.1 Å². The van der Waals surface area contributed by atoms with Gasteiger partial charge in [-0.25, -0.2) is 0 Å². The van der Waals surface area contributed by atoms with Crippen LogP contribution in [0.3, 0.4) is 0 Å². The molecule has 2 fully saturated rings. The SMILES string of the molecule is COc1ccc([C@@H]2O[C@H]3CCCCC[C@H]4ON=C2[C@@H]34)cc1. The van der Waals surface area contributed by atoms with Gasteiger partial charge >= 0.3 is 0 Å². The lowest BCUT2D eigenvalue weighted by Crippen LogP contribution is -2.30. The Labute approximate surface area is 125 Å². The van der Waals surface area contributed by atoms with Gasteiger partial charge in [0.15, 0.2) is 0 Å². The molecule has 1 aromatic rings. The van der Waals surface area contributed by atoms with Crippen LogP contribution in [0.25, 0.3) is 0 Å². The first-order chi connectivity index (χ1) is 10.4. The molecule has 0 spiro atoms. The number of oxime groups is 1. The summed E-state index contributed by atoms with van der Waals surface area (Å²) in [6.07, 6.45) is 6.43. The van der Waals surface area contributed by atoms with Crippen LogP contribution < -0.4 is 4.74 Å². The summed E-state index contributed by atoms with van der Waals surface area (Å²) in [4.78, 5) is 5.71. The van der Waals surface area contributed by atoms with Crippen LogP contribution in [0.5, 0.6) is 5.75 Å². The fourth-order valence-electron chi connectivity index (χ4n) is 3.80. The van der Waals surface area contributed by atoms with E-state index in [1.54, 1.807) is 7.11 Å². The van der Waals surface area contributed by atoms with Crippen molar-refractivity contribution in [3.63, 3.8) is 0 Å². The van der Waals surface area contributed by atoms with Crippen molar-refractivity contribution >= 4 is 5.71 Å². The van der Waals surface area contributed by atoms with Crippen LogP contribution in [0.4, 0.5) is 0 Å². The second-order valence-corrected chi connectivity index (χ2v) is 6.15. The maximum atomic E-state index is 6.34. The van der Waals surface area contributed by atoms with Crippen molar-refractivity contribution in [2.24, 2.45) is 11.1 Å². The first-order valence-corrected chi connectivity index (χ1v) is 7.90. The quantitative estimate of drug-likeness (QED) is 0.836. The third-order valence-corrected chi connectivity index (χ3v) is 4.91. The number of nitrogens with zero attached hydrogens (tertiary/aromatic N) is 1. The summed E-state index contributed by atoms with van der Waals surface area (Å²) in [5.74, 6) is 1.22. The number of rotatable bonds is 2. The van der Waals surface area contributed by atoms with E-state index in [0.717, 1.165) is 29.9 Å². The van der Waals surface area contributed by atoms with Crippen molar-refractivity contribution in [1.29, 1.82) is 0 Å². The van der Waals surface area contributed by atoms with Gasteiger partial charge in [0.05, 0.1) is 24.8 Å². The van der Waals surface area contributed by atoms with Crippen molar-refractivity contribution in [3.8, 4) is 5.75 Å². The average molecular weight is 287 g/mol. The molecule has 4 rings (SSSR count). The molecule has 0 radical (unpaired) electrons. The number of hydrogen-bond donors (Lipinski definition) is 0. The number of methoxy groups -OCH3 is 1. The Kier molecular flexibility index (Phi) is 3.34. The highest BCUT2D eigenvalue weighted by atomic mass is 16.7. The molecule has 0 aromatic heterocycles. The molecular formula is C17H21NO3. The standard InChI is InChI=1S/C17H21NO3/c1-19-12-9-7-11(8-10-12)17-16-15-13(20-17)5-3-2-4-6-14(15)21-18-16/h7-10,13-15,17H,2-6H2,1H3/t13-,14+,15-,17-/m0/s1. The van der Waals surface area contributed by atoms with E-state index in [2.05, 4.69) is 17.3 Å². The van der Waals surface area contributed by atoms with Gasteiger partial charge in [-0.05, 0) is 37.0 Å². The van der Waals surface area contributed by atoms with Crippen molar-refractivity contribution in [1.82, 2.24) is 0 Å². The molecule has 112 valence electrons. The van der Waals surface area contributed by atoms with Crippen molar-refractivity contribution in [2.45, 2.75) is 50.4 Å². The fourth-order valence-corrected chi connectivity index (χ4v) is 3.80. The highest BCUT2D eigenvalue weighted by Crippen LogP contribution is 2.44. The van der Waals surface area contributed by atoms with E-state index in [9.17, 15) is 0 Å². The predicted molar refractivity (Wildman–Crippen MR) is 79.5 cm³/mol. The van der Waals surface area contributed by atoms with Gasteiger partial charge in [0.25, 0.3) is 0 Å². The van der Waals surface area contributed by atoms with Crippen LogP contribution in [-0.4, -0.2) is 25.0 Å². The summed E-state index contributed by atoms with van der Waals surface area (Å²) in [6.45, 7) is 0. The Morgan fingerprint density at radius 3 is 2.57 bits per heavy atom. The highest BCUT2D eigenvalue weighted by Gasteiger charge is 2.50. The van der Waals surface area contributed by atoms with E-state index < -0.39 is 0 Å². The molecule has 0 amide bonds. The van der Waals surface area contributed by atoms with Gasteiger partial charge in [-0.3, -0.25) is 0 Å². The Morgan fingerprint density at radius 2 is 1.81 bits per heavy atom. The summed E-state index contributed by atoms with van der Waals surface area (Å²) in [5.41, 5.74) is 2.24. The maximum Gasteiger partial charge on any atom is 0.138 e. The smallest absolute Gasteiger partial charge is 0.138 e. The van der Waals surface area contributed by atoms with Crippen LogP contribution in [-0.2, 0) is 9.57 Å². The monoisotopic (exact) mass is 287 g/mol. The summed E-state index contributed by atoms with van der Waals surface area (Å²) < 4.78 is 11.6. The van der Waals surface area contributed by atoms with Crippen LogP contribution in [0.15, 0.2) is 29.4 Å². The third kappa shape index (κ3) is 2.22. The van der Waals surface area contributed by atoms with Crippen molar-refractivity contribution in [2.75, 3.05) is 7.11 Å². The van der Waals surface area contributed by atoms with Gasteiger partial charge in [0, 0.05) is 0 Å². The lowest BCUT2D eigenvalue weighted by molar-refractivity contribution is -0.0321. The predicted octanol–water partition coefficient (Wildman–Crippen LogP) is 3.47. The van der Waals surface area contributed by atoms with Crippen LogP contribution >= 0.6 is 0 Å². The van der Waals surface area contributed by atoms with E-state index in [4.69, 9.17) is 14.3 Å². The van der Waals surface area contributed by atoms with Crippen LogP contribution in [0.2, 0.25) is 0 Å². The van der Waals surface area contributed by atoms with Crippen LogP contribution in [0.1, 0.15) is 43.8 Å². The maximum absolute atomic E-state index is 6.34. The zero-order valence-corrected chi connectivity index (χ0v) is 12.3. The molecule has 0 unspecified atom stereocenters. The molecule has 4 heteroatoms. The van der Waals surface area contributed by atoms with Gasteiger partial charge in [-0.2, -0.15) is 0 Å². The minimum absolute atomic E-state index is 0.0472. The van der Waals surface area contributed by atoms with Gasteiger partial charge in [-0.15, -0.1) is 0 Å². The largest absolute Gasteiger partial charge is 0.497 e. The van der Waals surface area contributed by atoms with Gasteiger partial charge < -0.3 is 14.3 Å². The molecule has 2 aliphatic heterocycles. The average Bonchev–Trinajstić information content (AvgIpc) is 3.04. The zero-order chi connectivity index (χ0) is 14.2. The minimum Gasteiger partial charge on any atom is -0.497 e. The molecule has 3 aliphatic rings. The molecule has 4 nitrogen and oxygen atoms in total. The number of benzene rings is 1. The Hall–Kier alpha value is -1.55. The Balaban J connectivity index is 1.62. The van der Waals surface area contributed by atoms with E-state index >= 15 is 0 Å². The van der Waals surface area contributed by atoms with Gasteiger partial charge in [0.1, 0.15) is 18.0 Å². The molecule has 4 atom stereocenters. The van der Waals surface area contributed by atoms with Crippen molar-refractivity contribution in [3.05, 3.63) is 29.8 Å². The van der Waals surface area contributed by atoms with E-state index in [1.165, 1.54) is 19.3 Å². The zero-order valence-electron chi connectivity index (χ0n) is 12.3. The second kappa shape index (κ2) is 5.34. The molecule has 1 saturated heterocycles. The summed E-state index contributed by atoms with van der Waals surface area (Å²) >= 11 is 0.